The monoisotopic (exact) mass is 400 g/mol. The van der Waals surface area contributed by atoms with Gasteiger partial charge in [0.05, 0.1) is 6.10 Å². The molecule has 1 aromatic carbocycles. The van der Waals surface area contributed by atoms with Crippen molar-refractivity contribution >= 4 is 17.6 Å². The smallest absolute Gasteiger partial charge is 0.251 e. The highest BCUT2D eigenvalue weighted by Crippen LogP contribution is 2.37. The van der Waals surface area contributed by atoms with E-state index in [1.165, 1.54) is 0 Å². The van der Waals surface area contributed by atoms with E-state index in [2.05, 4.69) is 24.5 Å². The lowest BCUT2D eigenvalue weighted by molar-refractivity contribution is -0.131. The molecule has 3 rings (SSSR count). The minimum atomic E-state index is -0.921. The van der Waals surface area contributed by atoms with Crippen molar-refractivity contribution in [2.45, 2.75) is 77.0 Å². The predicted molar refractivity (Wildman–Crippen MR) is 111 cm³/mol. The van der Waals surface area contributed by atoms with Gasteiger partial charge in [-0.1, -0.05) is 39.8 Å². The molecule has 2 fully saturated rings. The van der Waals surface area contributed by atoms with Crippen LogP contribution >= 0.6 is 0 Å². The zero-order chi connectivity index (χ0) is 21.2. The van der Waals surface area contributed by atoms with Crippen molar-refractivity contribution in [3.05, 3.63) is 35.4 Å². The molecule has 2 N–H and O–H groups in total. The Kier molecular flexibility index (Phi) is 6.42. The van der Waals surface area contributed by atoms with Gasteiger partial charge in [0.15, 0.2) is 5.78 Å². The Balaban J connectivity index is 1.72. The fourth-order valence-electron chi connectivity index (χ4n) is 4.31. The molecule has 1 heterocycles. The number of hydrogen-bond donors (Lipinski definition) is 2. The van der Waals surface area contributed by atoms with Crippen LogP contribution in [0.25, 0.3) is 0 Å². The van der Waals surface area contributed by atoms with E-state index in [0.717, 1.165) is 18.4 Å². The molecule has 29 heavy (non-hydrogen) atoms. The summed E-state index contributed by atoms with van der Waals surface area (Å²) < 4.78 is 5.58. The molecule has 1 aliphatic heterocycles. The van der Waals surface area contributed by atoms with Crippen molar-refractivity contribution in [2.24, 2.45) is 5.92 Å². The van der Waals surface area contributed by atoms with Gasteiger partial charge in [0.1, 0.15) is 18.2 Å². The minimum Gasteiger partial charge on any atom is -0.367 e. The first-order valence-electron chi connectivity index (χ1n) is 10.6. The second-order valence-corrected chi connectivity index (χ2v) is 9.01. The molecule has 1 saturated carbocycles. The van der Waals surface area contributed by atoms with Gasteiger partial charge in [0.2, 0.25) is 5.91 Å². The average molecular weight is 401 g/mol. The van der Waals surface area contributed by atoms with E-state index >= 15 is 0 Å². The number of carbonyl (C=O) groups excluding carboxylic acids is 3. The molecule has 1 aliphatic carbocycles. The van der Waals surface area contributed by atoms with Gasteiger partial charge in [-0.25, -0.2) is 0 Å². The number of benzene rings is 1. The molecule has 2 amide bonds. The van der Waals surface area contributed by atoms with Crippen molar-refractivity contribution in [3.63, 3.8) is 0 Å². The van der Waals surface area contributed by atoms with Gasteiger partial charge in [-0.2, -0.15) is 0 Å². The second kappa shape index (κ2) is 8.66. The number of rotatable bonds is 7. The van der Waals surface area contributed by atoms with E-state index in [1.54, 1.807) is 12.1 Å². The molecular weight excluding hydrogens is 368 g/mol. The first kappa shape index (κ1) is 21.5. The van der Waals surface area contributed by atoms with Crippen LogP contribution in [0.15, 0.2) is 24.3 Å². The molecule has 2 aliphatic rings. The fourth-order valence-corrected chi connectivity index (χ4v) is 4.31. The molecule has 6 heteroatoms. The van der Waals surface area contributed by atoms with Crippen LogP contribution in [0.3, 0.4) is 0 Å². The molecule has 0 spiro atoms. The van der Waals surface area contributed by atoms with E-state index in [0.29, 0.717) is 24.3 Å². The summed E-state index contributed by atoms with van der Waals surface area (Å²) in [6, 6.07) is 6.75. The largest absolute Gasteiger partial charge is 0.367 e. The number of Topliss-reactive ketones (excluding diaryl/α,β-unsaturated/α-hetero) is 1. The maximum absolute atomic E-state index is 13.1. The SMILES string of the molecule is CC(C)CC(NC(=O)c1ccc(C(C)C)cc1)C(=O)NC12CCCC1OCC2=O. The molecule has 3 unspecified atom stereocenters. The van der Waals surface area contributed by atoms with Crippen molar-refractivity contribution in [1.82, 2.24) is 10.6 Å². The standard InChI is InChI=1S/C23H32N2O4/c1-14(2)12-18(24-21(27)17-9-7-16(8-10-17)15(3)4)22(28)25-23-11-5-6-20(23)29-13-19(23)26/h7-10,14-15,18,20H,5-6,11-13H2,1-4H3,(H,24,27)(H,25,28). The Morgan fingerprint density at radius 1 is 1.17 bits per heavy atom. The summed E-state index contributed by atoms with van der Waals surface area (Å²) in [6.07, 6.45) is 2.46. The third kappa shape index (κ3) is 4.53. The van der Waals surface area contributed by atoms with Crippen molar-refractivity contribution < 1.29 is 19.1 Å². The topological polar surface area (TPSA) is 84.5 Å². The number of ether oxygens (including phenoxy) is 1. The maximum Gasteiger partial charge on any atom is 0.251 e. The molecule has 1 aromatic rings. The van der Waals surface area contributed by atoms with Gasteiger partial charge < -0.3 is 15.4 Å². The van der Waals surface area contributed by atoms with Crippen LogP contribution in [-0.2, 0) is 14.3 Å². The average Bonchev–Trinajstić information content (AvgIpc) is 3.20. The van der Waals surface area contributed by atoms with E-state index in [-0.39, 0.29) is 36.2 Å². The normalized spacial score (nSPS) is 24.6. The molecule has 158 valence electrons. The summed E-state index contributed by atoms with van der Waals surface area (Å²) in [7, 11) is 0. The number of hydrogen-bond acceptors (Lipinski definition) is 4. The molecule has 1 saturated heterocycles. The first-order valence-corrected chi connectivity index (χ1v) is 10.6. The van der Waals surface area contributed by atoms with Crippen LogP contribution in [-0.4, -0.2) is 41.9 Å². The first-order chi connectivity index (χ1) is 13.7. The zero-order valence-electron chi connectivity index (χ0n) is 17.8. The lowest BCUT2D eigenvalue weighted by Crippen LogP contribution is -2.60. The molecule has 0 aromatic heterocycles. The molecule has 3 atom stereocenters. The maximum atomic E-state index is 13.1. The van der Waals surface area contributed by atoms with Crippen LogP contribution in [0, 0.1) is 5.92 Å². The van der Waals surface area contributed by atoms with Gasteiger partial charge in [0.25, 0.3) is 5.91 Å². The minimum absolute atomic E-state index is 0.0500. The van der Waals surface area contributed by atoms with Crippen LogP contribution in [0.2, 0.25) is 0 Å². The summed E-state index contributed by atoms with van der Waals surface area (Å²) in [5.41, 5.74) is 0.757. The third-order valence-corrected chi connectivity index (χ3v) is 6.01. The summed E-state index contributed by atoms with van der Waals surface area (Å²) in [6.45, 7) is 8.26. The molecule has 0 bridgehead atoms. The number of nitrogens with one attached hydrogen (secondary N) is 2. The Labute approximate surface area is 172 Å². The Hall–Kier alpha value is -2.21. The Morgan fingerprint density at radius 2 is 1.86 bits per heavy atom. The fraction of sp³-hybridized carbons (Fsp3) is 0.609. The summed E-state index contributed by atoms with van der Waals surface area (Å²) in [4.78, 5) is 38.3. The highest BCUT2D eigenvalue weighted by Gasteiger charge is 2.55. The number of ketones is 1. The molecule has 0 radical (unpaired) electrons. The van der Waals surface area contributed by atoms with Crippen molar-refractivity contribution in [3.8, 4) is 0 Å². The highest BCUT2D eigenvalue weighted by molar-refractivity contribution is 6.00. The van der Waals surface area contributed by atoms with Crippen molar-refractivity contribution in [1.29, 1.82) is 0 Å². The van der Waals surface area contributed by atoms with Gasteiger partial charge in [-0.3, -0.25) is 14.4 Å². The van der Waals surface area contributed by atoms with Crippen molar-refractivity contribution in [2.75, 3.05) is 6.61 Å². The summed E-state index contributed by atoms with van der Waals surface area (Å²) in [5.74, 6) is -0.0578. The Morgan fingerprint density at radius 3 is 2.48 bits per heavy atom. The number of fused-ring (bicyclic) bond motifs is 1. The van der Waals surface area contributed by atoms with Crippen LogP contribution in [0.4, 0.5) is 0 Å². The van der Waals surface area contributed by atoms with Gasteiger partial charge >= 0.3 is 0 Å². The third-order valence-electron chi connectivity index (χ3n) is 6.01. The quantitative estimate of drug-likeness (QED) is 0.737. The molecular formula is C23H32N2O4. The van der Waals surface area contributed by atoms with E-state index in [9.17, 15) is 14.4 Å². The number of carbonyl (C=O) groups is 3. The number of amides is 2. The zero-order valence-corrected chi connectivity index (χ0v) is 17.8. The summed E-state index contributed by atoms with van der Waals surface area (Å²) in [5, 5.41) is 5.84. The van der Waals surface area contributed by atoms with E-state index in [1.807, 2.05) is 26.0 Å². The predicted octanol–water partition coefficient (Wildman–Crippen LogP) is 2.96. The van der Waals surface area contributed by atoms with E-state index < -0.39 is 11.6 Å². The Bertz CT molecular complexity index is 772. The molecule has 6 nitrogen and oxygen atoms in total. The van der Waals surface area contributed by atoms with E-state index in [4.69, 9.17) is 4.74 Å². The second-order valence-electron chi connectivity index (χ2n) is 9.01. The van der Waals surface area contributed by atoms with Crippen LogP contribution in [0.5, 0.6) is 0 Å². The van der Waals surface area contributed by atoms with Gasteiger partial charge in [-0.05, 0) is 55.2 Å². The van der Waals surface area contributed by atoms with Crippen LogP contribution in [0.1, 0.15) is 75.2 Å². The van der Waals surface area contributed by atoms with Gasteiger partial charge in [0, 0.05) is 5.56 Å². The lowest BCUT2D eigenvalue weighted by atomic mass is 9.91. The van der Waals surface area contributed by atoms with Gasteiger partial charge in [-0.15, -0.1) is 0 Å². The highest BCUT2D eigenvalue weighted by atomic mass is 16.5. The summed E-state index contributed by atoms with van der Waals surface area (Å²) >= 11 is 0. The lowest BCUT2D eigenvalue weighted by Gasteiger charge is -2.30. The van der Waals surface area contributed by atoms with Crippen LogP contribution < -0.4 is 10.6 Å².